The van der Waals surface area contributed by atoms with Crippen molar-refractivity contribution < 1.29 is 23.8 Å². The Hall–Kier alpha value is -3.46. The second-order valence-electron chi connectivity index (χ2n) is 9.37. The molecule has 0 unspecified atom stereocenters. The zero-order valence-electron chi connectivity index (χ0n) is 19.1. The Labute approximate surface area is 194 Å². The third kappa shape index (κ3) is 2.64. The molecule has 0 radical (unpaired) electrons. The molecule has 0 saturated heterocycles. The van der Waals surface area contributed by atoms with Crippen LogP contribution in [0.4, 0.5) is 10.1 Å². The molecule has 176 valence electrons. The van der Waals surface area contributed by atoms with Crippen LogP contribution in [0.15, 0.2) is 16.9 Å². The van der Waals surface area contributed by atoms with Crippen LogP contribution in [0.5, 0.6) is 5.75 Å². The number of nitrogens with one attached hydrogen (secondary N) is 1. The second kappa shape index (κ2) is 7.02. The molecule has 1 aromatic carbocycles. The lowest BCUT2D eigenvalue weighted by Gasteiger charge is -2.31. The smallest absolute Gasteiger partial charge is 0.343 e. The van der Waals surface area contributed by atoms with E-state index in [-0.39, 0.29) is 35.8 Å². The number of cyclic esters (lactones) is 1. The molecule has 3 aromatic rings. The summed E-state index contributed by atoms with van der Waals surface area (Å²) in [7, 11) is 0. The molecule has 34 heavy (non-hydrogen) atoms. The molecule has 2 aromatic heterocycles. The first-order valence-electron chi connectivity index (χ1n) is 11.5. The van der Waals surface area contributed by atoms with Crippen molar-refractivity contribution >= 4 is 22.6 Å². The monoisotopic (exact) mass is 465 g/mol. The first kappa shape index (κ1) is 21.1. The number of ether oxygens (including phenoxy) is 2. The lowest BCUT2D eigenvalue weighted by Crippen LogP contribution is -2.44. The highest BCUT2D eigenvalue weighted by Gasteiger charge is 2.45. The fourth-order valence-corrected chi connectivity index (χ4v) is 5.37. The zero-order valence-corrected chi connectivity index (χ0v) is 19.1. The Morgan fingerprint density at radius 2 is 2.03 bits per heavy atom. The molecule has 0 aliphatic carbocycles. The molecule has 3 aliphatic heterocycles. The minimum Gasteiger partial charge on any atom is -0.490 e. The fourth-order valence-electron chi connectivity index (χ4n) is 5.37. The van der Waals surface area contributed by atoms with Gasteiger partial charge in [0.1, 0.15) is 12.3 Å². The van der Waals surface area contributed by atoms with Gasteiger partial charge in [-0.1, -0.05) is 6.92 Å². The van der Waals surface area contributed by atoms with Gasteiger partial charge >= 0.3 is 5.97 Å². The van der Waals surface area contributed by atoms with Gasteiger partial charge in [0, 0.05) is 35.0 Å². The Balaban J connectivity index is 1.63. The van der Waals surface area contributed by atoms with Crippen molar-refractivity contribution in [1.82, 2.24) is 9.55 Å². The van der Waals surface area contributed by atoms with Gasteiger partial charge in [-0.25, -0.2) is 14.2 Å². The summed E-state index contributed by atoms with van der Waals surface area (Å²) in [5.41, 5.74) is 2.03. The van der Waals surface area contributed by atoms with Crippen molar-refractivity contribution in [1.29, 1.82) is 0 Å². The molecule has 0 bridgehead atoms. The molecule has 3 aliphatic rings. The van der Waals surface area contributed by atoms with Gasteiger partial charge in [-0.05, 0) is 31.9 Å². The SMILES string of the molecule is CC[C@@]1(O)C(=O)OCc2c1cc1n(c2=O)Cc2c-1nc1cc(F)c(NC(C)C)c3c1c2CCO3. The van der Waals surface area contributed by atoms with Gasteiger partial charge in [0.2, 0.25) is 0 Å². The number of pyridine rings is 2. The number of hydrogen-bond acceptors (Lipinski definition) is 7. The number of nitrogens with zero attached hydrogens (tertiary/aromatic N) is 2. The minimum atomic E-state index is -1.89. The lowest BCUT2D eigenvalue weighted by atomic mass is 9.86. The van der Waals surface area contributed by atoms with Crippen LogP contribution in [0.3, 0.4) is 0 Å². The Morgan fingerprint density at radius 1 is 1.24 bits per heavy atom. The number of halogens is 1. The fraction of sp³-hybridized carbons (Fsp3) is 0.400. The number of aromatic nitrogens is 2. The van der Waals surface area contributed by atoms with Crippen LogP contribution in [0, 0.1) is 5.82 Å². The third-order valence-electron chi connectivity index (χ3n) is 7.03. The van der Waals surface area contributed by atoms with E-state index in [0.717, 1.165) is 16.5 Å². The highest BCUT2D eigenvalue weighted by Crippen LogP contribution is 2.46. The molecule has 0 saturated carbocycles. The van der Waals surface area contributed by atoms with E-state index in [9.17, 15) is 14.7 Å². The molecule has 5 heterocycles. The molecule has 0 spiro atoms. The first-order chi connectivity index (χ1) is 16.2. The van der Waals surface area contributed by atoms with Crippen molar-refractivity contribution in [2.24, 2.45) is 0 Å². The van der Waals surface area contributed by atoms with E-state index in [1.54, 1.807) is 17.6 Å². The zero-order chi connectivity index (χ0) is 23.9. The van der Waals surface area contributed by atoms with E-state index < -0.39 is 17.4 Å². The van der Waals surface area contributed by atoms with Crippen LogP contribution < -0.4 is 15.6 Å². The molecule has 8 nitrogen and oxygen atoms in total. The number of carbonyl (C=O) groups is 1. The van der Waals surface area contributed by atoms with Crippen LogP contribution >= 0.6 is 0 Å². The van der Waals surface area contributed by atoms with Crippen molar-refractivity contribution in [2.75, 3.05) is 11.9 Å². The van der Waals surface area contributed by atoms with Gasteiger partial charge in [-0.15, -0.1) is 0 Å². The number of carbonyl (C=O) groups excluding carboxylic acids is 1. The van der Waals surface area contributed by atoms with Gasteiger partial charge in [0.25, 0.3) is 5.56 Å². The topological polar surface area (TPSA) is 103 Å². The van der Waals surface area contributed by atoms with Crippen LogP contribution in [0.2, 0.25) is 0 Å². The van der Waals surface area contributed by atoms with Crippen molar-refractivity contribution in [3.05, 3.63) is 50.6 Å². The van der Waals surface area contributed by atoms with Crippen LogP contribution in [0.25, 0.3) is 22.3 Å². The molecule has 2 N–H and O–H groups in total. The Kier molecular flexibility index (Phi) is 4.36. The highest BCUT2D eigenvalue weighted by atomic mass is 19.1. The van der Waals surface area contributed by atoms with Crippen LogP contribution in [0.1, 0.15) is 49.4 Å². The Morgan fingerprint density at radius 3 is 2.76 bits per heavy atom. The maximum absolute atomic E-state index is 15.1. The standard InChI is InChI=1S/C25H24FN3O5/c1-4-25(32)15-7-18-20-13(9-29(18)23(30)14(15)10-34-24(25)31)12-5-6-33-22-19(12)17(28-20)8-16(26)21(22)27-11(2)3/h7-8,11,27,32H,4-6,9-10H2,1-3H3/t25-/m0/s1. The molecular weight excluding hydrogens is 441 g/mol. The van der Waals surface area contributed by atoms with E-state index in [4.69, 9.17) is 14.5 Å². The van der Waals surface area contributed by atoms with Gasteiger partial charge < -0.3 is 24.5 Å². The predicted molar refractivity (Wildman–Crippen MR) is 122 cm³/mol. The average Bonchev–Trinajstić information content (AvgIpc) is 3.18. The van der Waals surface area contributed by atoms with E-state index in [1.165, 1.54) is 6.07 Å². The molecule has 9 heteroatoms. The van der Waals surface area contributed by atoms with Crippen molar-refractivity contribution in [3.63, 3.8) is 0 Å². The third-order valence-corrected chi connectivity index (χ3v) is 7.03. The average molecular weight is 465 g/mol. The van der Waals surface area contributed by atoms with E-state index in [2.05, 4.69) is 5.32 Å². The van der Waals surface area contributed by atoms with Gasteiger partial charge in [0.15, 0.2) is 17.2 Å². The van der Waals surface area contributed by atoms with Crippen molar-refractivity contribution in [2.45, 2.75) is 58.4 Å². The number of hydrogen-bond donors (Lipinski definition) is 2. The largest absolute Gasteiger partial charge is 0.490 e. The Bertz CT molecular complexity index is 1480. The van der Waals surface area contributed by atoms with Gasteiger partial charge in [-0.3, -0.25) is 4.79 Å². The maximum Gasteiger partial charge on any atom is 0.343 e. The van der Waals surface area contributed by atoms with E-state index in [0.29, 0.717) is 47.9 Å². The van der Waals surface area contributed by atoms with Gasteiger partial charge in [-0.2, -0.15) is 0 Å². The number of esters is 1. The lowest BCUT2D eigenvalue weighted by molar-refractivity contribution is -0.172. The number of anilines is 1. The summed E-state index contributed by atoms with van der Waals surface area (Å²) in [5, 5.41) is 14.9. The molecular formula is C25H24FN3O5. The summed E-state index contributed by atoms with van der Waals surface area (Å²) in [6.45, 7) is 6.03. The molecule has 0 fully saturated rings. The number of benzene rings is 1. The quantitative estimate of drug-likeness (QED) is 0.449. The molecule has 0 amide bonds. The second-order valence-corrected chi connectivity index (χ2v) is 9.37. The number of aliphatic hydroxyl groups is 1. The first-order valence-corrected chi connectivity index (χ1v) is 11.5. The highest BCUT2D eigenvalue weighted by molar-refractivity contribution is 5.97. The number of rotatable bonds is 3. The normalized spacial score (nSPS) is 20.0. The summed E-state index contributed by atoms with van der Waals surface area (Å²) in [6, 6.07) is 3.07. The number of fused-ring (bicyclic) bond motifs is 5. The van der Waals surface area contributed by atoms with Crippen molar-refractivity contribution in [3.8, 4) is 17.1 Å². The van der Waals surface area contributed by atoms with E-state index >= 15 is 4.39 Å². The van der Waals surface area contributed by atoms with Crippen LogP contribution in [-0.4, -0.2) is 33.3 Å². The van der Waals surface area contributed by atoms with Gasteiger partial charge in [0.05, 0.1) is 35.6 Å². The summed E-state index contributed by atoms with van der Waals surface area (Å²) >= 11 is 0. The summed E-state index contributed by atoms with van der Waals surface area (Å²) in [6.07, 6.45) is 0.673. The molecule has 6 rings (SSSR count). The minimum absolute atomic E-state index is 0.0101. The molecule has 1 atom stereocenters. The summed E-state index contributed by atoms with van der Waals surface area (Å²) < 4.78 is 27.7. The van der Waals surface area contributed by atoms with Crippen LogP contribution in [-0.2, 0) is 34.7 Å². The summed E-state index contributed by atoms with van der Waals surface area (Å²) in [5.74, 6) is -0.775. The summed E-state index contributed by atoms with van der Waals surface area (Å²) in [4.78, 5) is 30.6. The maximum atomic E-state index is 15.1. The predicted octanol–water partition coefficient (Wildman–Crippen LogP) is 2.97. The van der Waals surface area contributed by atoms with E-state index in [1.807, 2.05) is 13.8 Å².